The Balaban J connectivity index is 3.28. The van der Waals surface area contributed by atoms with Crippen LogP contribution in [0.25, 0.3) is 0 Å². The maximum Gasteiger partial charge on any atom is 0.185 e. The number of carbonyl (C=O) groups excluding carboxylic acids is 1. The van der Waals surface area contributed by atoms with Crippen molar-refractivity contribution in [1.29, 1.82) is 0 Å². The molecule has 0 aliphatic heterocycles. The van der Waals surface area contributed by atoms with Crippen LogP contribution < -0.4 is 11.5 Å². The van der Waals surface area contributed by atoms with Crippen molar-refractivity contribution in [2.45, 2.75) is 19.8 Å². The Morgan fingerprint density at radius 3 is 2.73 bits per heavy atom. The topological polar surface area (TPSA) is 81.5 Å². The van der Waals surface area contributed by atoms with Gasteiger partial charge in [-0.2, -0.15) is 0 Å². The monoisotopic (exact) mass is 157 g/mol. The van der Waals surface area contributed by atoms with Crippen molar-refractivity contribution in [3.63, 3.8) is 0 Å². The fraction of sp³-hybridized carbons (Fsp3) is 0.714. The van der Waals surface area contributed by atoms with Gasteiger partial charge < -0.3 is 16.3 Å². The van der Waals surface area contributed by atoms with Crippen LogP contribution in [0.3, 0.4) is 0 Å². The van der Waals surface area contributed by atoms with Gasteiger partial charge in [-0.1, -0.05) is 6.92 Å². The third kappa shape index (κ3) is 6.83. The molecular weight excluding hydrogens is 142 g/mol. The van der Waals surface area contributed by atoms with Crippen LogP contribution in [-0.2, 0) is 4.79 Å². The van der Waals surface area contributed by atoms with Gasteiger partial charge >= 0.3 is 0 Å². The maximum absolute atomic E-state index is 10.1. The Bertz CT molecular complexity index is 141. The SMILES string of the molecule is CC(C=O)CCCN=C(N)N. The molecule has 0 aliphatic rings. The zero-order valence-electron chi connectivity index (χ0n) is 6.79. The van der Waals surface area contributed by atoms with Gasteiger partial charge in [0.1, 0.15) is 6.29 Å². The first-order valence-electron chi connectivity index (χ1n) is 3.67. The molecule has 4 N–H and O–H groups in total. The number of hydrogen-bond acceptors (Lipinski definition) is 2. The number of carbonyl (C=O) groups is 1. The largest absolute Gasteiger partial charge is 0.370 e. The Labute approximate surface area is 66.7 Å². The van der Waals surface area contributed by atoms with Crippen molar-refractivity contribution >= 4 is 12.2 Å². The van der Waals surface area contributed by atoms with E-state index in [-0.39, 0.29) is 11.9 Å². The molecule has 0 heterocycles. The molecule has 0 aromatic rings. The number of aliphatic imine (C=N–C) groups is 1. The minimum Gasteiger partial charge on any atom is -0.370 e. The van der Waals surface area contributed by atoms with E-state index >= 15 is 0 Å². The van der Waals surface area contributed by atoms with Crippen molar-refractivity contribution in [3.8, 4) is 0 Å². The smallest absolute Gasteiger partial charge is 0.185 e. The first kappa shape index (κ1) is 9.94. The van der Waals surface area contributed by atoms with Crippen molar-refractivity contribution in [1.82, 2.24) is 0 Å². The van der Waals surface area contributed by atoms with Crippen LogP contribution >= 0.6 is 0 Å². The Kier molecular flexibility index (Phi) is 5.15. The molecule has 1 atom stereocenters. The Morgan fingerprint density at radius 1 is 1.64 bits per heavy atom. The summed E-state index contributed by atoms with van der Waals surface area (Å²) in [6.45, 7) is 2.49. The highest BCUT2D eigenvalue weighted by Gasteiger charge is 1.97. The van der Waals surface area contributed by atoms with Crippen LogP contribution in [0.4, 0.5) is 0 Å². The molecule has 0 saturated heterocycles. The second-order valence-electron chi connectivity index (χ2n) is 2.56. The Morgan fingerprint density at radius 2 is 2.27 bits per heavy atom. The van der Waals surface area contributed by atoms with Gasteiger partial charge in [-0.15, -0.1) is 0 Å². The first-order chi connectivity index (χ1) is 5.16. The molecule has 64 valence electrons. The van der Waals surface area contributed by atoms with E-state index in [4.69, 9.17) is 11.5 Å². The molecule has 0 fully saturated rings. The van der Waals surface area contributed by atoms with Gasteiger partial charge in [0, 0.05) is 12.5 Å². The van der Waals surface area contributed by atoms with Gasteiger partial charge in [-0.25, -0.2) is 0 Å². The number of guanidine groups is 1. The fourth-order valence-electron chi connectivity index (χ4n) is 0.689. The molecule has 4 nitrogen and oxygen atoms in total. The minimum absolute atomic E-state index is 0.115. The van der Waals surface area contributed by atoms with E-state index in [1.54, 1.807) is 0 Å². The van der Waals surface area contributed by atoms with Gasteiger partial charge in [0.15, 0.2) is 5.96 Å². The molecular formula is C7H15N3O. The van der Waals surface area contributed by atoms with E-state index < -0.39 is 0 Å². The second-order valence-corrected chi connectivity index (χ2v) is 2.56. The molecule has 0 amide bonds. The molecule has 4 heteroatoms. The lowest BCUT2D eigenvalue weighted by molar-refractivity contribution is -0.110. The summed E-state index contributed by atoms with van der Waals surface area (Å²) in [5.41, 5.74) is 10.2. The van der Waals surface area contributed by atoms with Crippen molar-refractivity contribution in [2.75, 3.05) is 6.54 Å². The number of nitrogens with two attached hydrogens (primary N) is 2. The average molecular weight is 157 g/mol. The summed E-state index contributed by atoms with van der Waals surface area (Å²) in [6.07, 6.45) is 2.65. The Hall–Kier alpha value is -1.06. The molecule has 0 aromatic heterocycles. The molecule has 0 saturated carbocycles. The predicted molar refractivity (Wildman–Crippen MR) is 45.1 cm³/mol. The maximum atomic E-state index is 10.1. The number of rotatable bonds is 5. The van der Waals surface area contributed by atoms with Crippen LogP contribution in [0.1, 0.15) is 19.8 Å². The third-order valence-electron chi connectivity index (χ3n) is 1.34. The van der Waals surface area contributed by atoms with Gasteiger partial charge in [-0.3, -0.25) is 4.99 Å². The minimum atomic E-state index is 0.115. The van der Waals surface area contributed by atoms with Gasteiger partial charge in [0.25, 0.3) is 0 Å². The summed E-state index contributed by atoms with van der Waals surface area (Å²) in [6, 6.07) is 0. The fourth-order valence-corrected chi connectivity index (χ4v) is 0.689. The quantitative estimate of drug-likeness (QED) is 0.252. The van der Waals surface area contributed by atoms with Crippen LogP contribution in [-0.4, -0.2) is 18.8 Å². The van der Waals surface area contributed by atoms with E-state index in [1.165, 1.54) is 0 Å². The van der Waals surface area contributed by atoms with E-state index in [0.717, 1.165) is 19.1 Å². The molecule has 11 heavy (non-hydrogen) atoms. The van der Waals surface area contributed by atoms with E-state index in [1.807, 2.05) is 6.92 Å². The van der Waals surface area contributed by atoms with Crippen molar-refractivity contribution in [3.05, 3.63) is 0 Å². The zero-order valence-corrected chi connectivity index (χ0v) is 6.79. The highest BCUT2D eigenvalue weighted by Crippen LogP contribution is 2.00. The standard InChI is InChI=1S/C7H15N3O/c1-6(5-11)3-2-4-10-7(8)9/h5-6H,2-4H2,1H3,(H4,8,9,10). The zero-order chi connectivity index (χ0) is 8.69. The highest BCUT2D eigenvalue weighted by atomic mass is 16.1. The molecule has 0 radical (unpaired) electrons. The summed E-state index contributed by atoms with van der Waals surface area (Å²) in [7, 11) is 0. The van der Waals surface area contributed by atoms with Crippen LogP contribution in [0.15, 0.2) is 4.99 Å². The predicted octanol–water partition coefficient (Wildman–Crippen LogP) is -0.125. The van der Waals surface area contributed by atoms with Gasteiger partial charge in [0.2, 0.25) is 0 Å². The lowest BCUT2D eigenvalue weighted by Crippen LogP contribution is -2.23. The lowest BCUT2D eigenvalue weighted by atomic mass is 10.1. The van der Waals surface area contributed by atoms with Gasteiger partial charge in [0.05, 0.1) is 0 Å². The van der Waals surface area contributed by atoms with Crippen LogP contribution in [0.2, 0.25) is 0 Å². The lowest BCUT2D eigenvalue weighted by Gasteiger charge is -1.99. The van der Waals surface area contributed by atoms with Crippen LogP contribution in [0.5, 0.6) is 0 Å². The van der Waals surface area contributed by atoms with E-state index in [9.17, 15) is 4.79 Å². The molecule has 1 unspecified atom stereocenters. The number of nitrogens with zero attached hydrogens (tertiary/aromatic N) is 1. The molecule has 0 aromatic carbocycles. The molecule has 0 spiro atoms. The summed E-state index contributed by atoms with van der Waals surface area (Å²) >= 11 is 0. The molecule has 0 rings (SSSR count). The normalized spacial score (nSPS) is 12.1. The molecule has 0 aliphatic carbocycles. The van der Waals surface area contributed by atoms with Crippen LogP contribution in [0, 0.1) is 5.92 Å². The summed E-state index contributed by atoms with van der Waals surface area (Å²) in [4.78, 5) is 13.9. The number of aldehydes is 1. The second kappa shape index (κ2) is 5.70. The number of hydrogen-bond donors (Lipinski definition) is 2. The summed E-state index contributed by atoms with van der Waals surface area (Å²) in [5, 5.41) is 0. The summed E-state index contributed by atoms with van der Waals surface area (Å²) in [5.74, 6) is 0.230. The van der Waals surface area contributed by atoms with E-state index in [0.29, 0.717) is 6.54 Å². The van der Waals surface area contributed by atoms with Gasteiger partial charge in [-0.05, 0) is 12.8 Å². The van der Waals surface area contributed by atoms with E-state index in [2.05, 4.69) is 4.99 Å². The van der Waals surface area contributed by atoms with Crippen molar-refractivity contribution < 1.29 is 4.79 Å². The highest BCUT2D eigenvalue weighted by molar-refractivity contribution is 5.75. The third-order valence-corrected chi connectivity index (χ3v) is 1.34. The van der Waals surface area contributed by atoms with Crippen molar-refractivity contribution in [2.24, 2.45) is 22.4 Å². The first-order valence-corrected chi connectivity index (χ1v) is 3.67. The summed E-state index contributed by atoms with van der Waals surface area (Å²) < 4.78 is 0. The molecule has 0 bridgehead atoms. The average Bonchev–Trinajstić information content (AvgIpc) is 1.97.